The summed E-state index contributed by atoms with van der Waals surface area (Å²) < 4.78 is 5.51. The molecule has 2 aromatic rings. The van der Waals surface area contributed by atoms with Crippen LogP contribution in [-0.4, -0.2) is 11.6 Å². The van der Waals surface area contributed by atoms with Gasteiger partial charge in [0.1, 0.15) is 17.5 Å². The van der Waals surface area contributed by atoms with Crippen molar-refractivity contribution in [2.24, 2.45) is 0 Å². The molecular weight excluding hydrogens is 238 g/mol. The molecule has 1 heterocycles. The number of nitrogens with one attached hydrogen (secondary N) is 1. The molecule has 0 aliphatic carbocycles. The highest BCUT2D eigenvalue weighted by Gasteiger charge is 1.97. The van der Waals surface area contributed by atoms with Crippen LogP contribution in [0.1, 0.15) is 19.0 Å². The molecule has 19 heavy (non-hydrogen) atoms. The number of pyridine rings is 1. The van der Waals surface area contributed by atoms with E-state index < -0.39 is 0 Å². The summed E-state index contributed by atoms with van der Waals surface area (Å²) in [5, 5.41) is 11.9. The third-order valence-corrected chi connectivity index (χ3v) is 2.49. The zero-order valence-electron chi connectivity index (χ0n) is 10.8. The average Bonchev–Trinajstić information content (AvgIpc) is 2.47. The van der Waals surface area contributed by atoms with Gasteiger partial charge < -0.3 is 10.1 Å². The van der Waals surface area contributed by atoms with Crippen molar-refractivity contribution in [3.05, 3.63) is 48.3 Å². The Morgan fingerprint density at radius 2 is 1.89 bits per heavy atom. The van der Waals surface area contributed by atoms with Gasteiger partial charge in [-0.3, -0.25) is 0 Å². The molecule has 0 radical (unpaired) electrons. The van der Waals surface area contributed by atoms with E-state index in [1.807, 2.05) is 36.4 Å². The Kier molecular flexibility index (Phi) is 4.35. The fourth-order valence-electron chi connectivity index (χ4n) is 1.56. The van der Waals surface area contributed by atoms with Crippen LogP contribution < -0.4 is 10.1 Å². The van der Waals surface area contributed by atoms with Crippen LogP contribution >= 0.6 is 0 Å². The van der Waals surface area contributed by atoms with Gasteiger partial charge >= 0.3 is 0 Å². The number of rotatable bonds is 5. The highest BCUT2D eigenvalue weighted by molar-refractivity contribution is 5.59. The van der Waals surface area contributed by atoms with Crippen molar-refractivity contribution in [3.8, 4) is 11.8 Å². The lowest BCUT2D eigenvalue weighted by Crippen LogP contribution is -1.95. The Bertz CT molecular complexity index is 555. The van der Waals surface area contributed by atoms with E-state index >= 15 is 0 Å². The Balaban J connectivity index is 2.00. The van der Waals surface area contributed by atoms with Crippen LogP contribution in [0.3, 0.4) is 0 Å². The molecule has 1 N–H and O–H groups in total. The number of benzene rings is 1. The molecule has 1 aromatic heterocycles. The lowest BCUT2D eigenvalue weighted by atomic mass is 10.3. The van der Waals surface area contributed by atoms with Gasteiger partial charge in [-0.1, -0.05) is 6.92 Å². The first-order valence-electron chi connectivity index (χ1n) is 6.18. The minimum atomic E-state index is 0.411. The number of ether oxygens (including phenoxy) is 1. The number of hydrogen-bond donors (Lipinski definition) is 1. The number of aromatic nitrogens is 1. The van der Waals surface area contributed by atoms with Crippen LogP contribution in [0.2, 0.25) is 0 Å². The minimum Gasteiger partial charge on any atom is -0.494 e. The van der Waals surface area contributed by atoms with E-state index in [2.05, 4.69) is 17.2 Å². The maximum atomic E-state index is 8.67. The van der Waals surface area contributed by atoms with Gasteiger partial charge in [0.2, 0.25) is 0 Å². The summed E-state index contributed by atoms with van der Waals surface area (Å²) in [6, 6.07) is 13.2. The molecule has 0 atom stereocenters. The van der Waals surface area contributed by atoms with E-state index in [4.69, 9.17) is 10.00 Å². The summed E-state index contributed by atoms with van der Waals surface area (Å²) in [5.41, 5.74) is 2.21. The highest BCUT2D eigenvalue weighted by Crippen LogP contribution is 2.19. The molecule has 1 aromatic carbocycles. The van der Waals surface area contributed by atoms with Gasteiger partial charge in [-0.2, -0.15) is 5.26 Å². The lowest BCUT2D eigenvalue weighted by Gasteiger charge is -2.08. The third-order valence-electron chi connectivity index (χ3n) is 2.49. The molecule has 0 unspecified atom stereocenters. The second kappa shape index (κ2) is 6.41. The molecule has 0 fully saturated rings. The number of nitrogens with zero attached hydrogens (tertiary/aromatic N) is 2. The number of hydrogen-bond acceptors (Lipinski definition) is 4. The Hall–Kier alpha value is -2.54. The van der Waals surface area contributed by atoms with Gasteiger partial charge in [0.05, 0.1) is 18.5 Å². The molecule has 0 saturated carbocycles. The largest absolute Gasteiger partial charge is 0.494 e. The van der Waals surface area contributed by atoms with Gasteiger partial charge in [0.15, 0.2) is 0 Å². The molecule has 0 bridgehead atoms. The van der Waals surface area contributed by atoms with Crippen molar-refractivity contribution in [1.29, 1.82) is 5.26 Å². The minimum absolute atomic E-state index is 0.411. The van der Waals surface area contributed by atoms with Gasteiger partial charge in [-0.05, 0) is 42.8 Å². The molecule has 0 aliphatic heterocycles. The Labute approximate surface area is 112 Å². The molecule has 0 saturated heterocycles. The smallest absolute Gasteiger partial charge is 0.140 e. The highest BCUT2D eigenvalue weighted by atomic mass is 16.5. The molecule has 4 nitrogen and oxygen atoms in total. The van der Waals surface area contributed by atoms with Gasteiger partial charge in [0.25, 0.3) is 0 Å². The lowest BCUT2D eigenvalue weighted by molar-refractivity contribution is 0.317. The zero-order valence-corrected chi connectivity index (χ0v) is 10.8. The van der Waals surface area contributed by atoms with Crippen molar-refractivity contribution in [2.75, 3.05) is 11.9 Å². The summed E-state index contributed by atoms with van der Waals surface area (Å²) in [6.45, 7) is 2.81. The predicted octanol–water partition coefficient (Wildman–Crippen LogP) is 3.49. The Morgan fingerprint density at radius 3 is 2.47 bits per heavy atom. The summed E-state index contributed by atoms with van der Waals surface area (Å²) >= 11 is 0. The van der Waals surface area contributed by atoms with Crippen molar-refractivity contribution >= 4 is 11.4 Å². The Morgan fingerprint density at radius 1 is 1.16 bits per heavy atom. The third kappa shape index (κ3) is 3.71. The molecule has 0 amide bonds. The standard InChI is InChI=1S/C15H15N3O/c1-2-9-19-15-7-5-12(6-8-15)18-14-4-3-13(10-16)17-11-14/h3-8,11,18H,2,9H2,1H3. The van der Waals surface area contributed by atoms with Gasteiger partial charge in [-0.15, -0.1) is 0 Å². The first-order valence-corrected chi connectivity index (χ1v) is 6.18. The van der Waals surface area contributed by atoms with Crippen LogP contribution in [0.4, 0.5) is 11.4 Å². The predicted molar refractivity (Wildman–Crippen MR) is 74.5 cm³/mol. The summed E-state index contributed by atoms with van der Waals surface area (Å²) in [5.74, 6) is 0.866. The van der Waals surface area contributed by atoms with Crippen LogP contribution in [-0.2, 0) is 0 Å². The molecular formula is C15H15N3O. The van der Waals surface area contributed by atoms with Crippen LogP contribution in [0.15, 0.2) is 42.6 Å². The van der Waals surface area contributed by atoms with E-state index in [9.17, 15) is 0 Å². The van der Waals surface area contributed by atoms with Crippen LogP contribution in [0.25, 0.3) is 0 Å². The van der Waals surface area contributed by atoms with E-state index in [1.54, 1.807) is 12.3 Å². The van der Waals surface area contributed by atoms with Gasteiger partial charge in [0, 0.05) is 5.69 Å². The second-order valence-electron chi connectivity index (χ2n) is 4.04. The SMILES string of the molecule is CCCOc1ccc(Nc2ccc(C#N)nc2)cc1. The summed E-state index contributed by atoms with van der Waals surface area (Å²) in [6.07, 6.45) is 2.64. The molecule has 2 rings (SSSR count). The quantitative estimate of drug-likeness (QED) is 0.886. The van der Waals surface area contributed by atoms with Crippen molar-refractivity contribution < 1.29 is 4.74 Å². The second-order valence-corrected chi connectivity index (χ2v) is 4.04. The number of anilines is 2. The maximum absolute atomic E-state index is 8.67. The summed E-state index contributed by atoms with van der Waals surface area (Å²) in [7, 11) is 0. The number of nitriles is 1. The van der Waals surface area contributed by atoms with Crippen molar-refractivity contribution in [2.45, 2.75) is 13.3 Å². The summed E-state index contributed by atoms with van der Waals surface area (Å²) in [4.78, 5) is 4.00. The first kappa shape index (κ1) is 12.9. The van der Waals surface area contributed by atoms with Gasteiger partial charge in [-0.25, -0.2) is 4.98 Å². The molecule has 0 aliphatic rings. The zero-order chi connectivity index (χ0) is 13.5. The molecule has 0 spiro atoms. The normalized spacial score (nSPS) is 9.68. The van der Waals surface area contributed by atoms with E-state index in [-0.39, 0.29) is 0 Å². The molecule has 96 valence electrons. The maximum Gasteiger partial charge on any atom is 0.140 e. The van der Waals surface area contributed by atoms with Crippen molar-refractivity contribution in [1.82, 2.24) is 4.98 Å². The van der Waals surface area contributed by atoms with Crippen LogP contribution in [0, 0.1) is 11.3 Å². The van der Waals surface area contributed by atoms with E-state index in [0.29, 0.717) is 5.69 Å². The average molecular weight is 253 g/mol. The fraction of sp³-hybridized carbons (Fsp3) is 0.200. The fourth-order valence-corrected chi connectivity index (χ4v) is 1.56. The molecule has 4 heteroatoms. The first-order chi connectivity index (χ1) is 9.31. The van der Waals surface area contributed by atoms with Crippen LogP contribution in [0.5, 0.6) is 5.75 Å². The van der Waals surface area contributed by atoms with E-state index in [0.717, 1.165) is 30.2 Å². The van der Waals surface area contributed by atoms with E-state index in [1.165, 1.54) is 0 Å². The monoisotopic (exact) mass is 253 g/mol. The van der Waals surface area contributed by atoms with Crippen molar-refractivity contribution in [3.63, 3.8) is 0 Å². The topological polar surface area (TPSA) is 57.9 Å².